The van der Waals surface area contributed by atoms with Crippen LogP contribution >= 0.6 is 0 Å². The molecule has 0 saturated heterocycles. The Labute approximate surface area is 203 Å². The second-order valence-corrected chi connectivity index (χ2v) is 8.50. The lowest BCUT2D eigenvalue weighted by atomic mass is 10.1. The van der Waals surface area contributed by atoms with Gasteiger partial charge < -0.3 is 22.1 Å². The molecule has 11 nitrogen and oxygen atoms in total. The van der Waals surface area contributed by atoms with E-state index >= 15 is 0 Å². The Balaban J connectivity index is 1.29. The van der Waals surface area contributed by atoms with Crippen molar-refractivity contribution in [2.75, 3.05) is 0 Å². The molecule has 0 aliphatic rings. The van der Waals surface area contributed by atoms with Crippen molar-refractivity contribution in [3.63, 3.8) is 0 Å². The first kappa shape index (κ1) is 18.7. The van der Waals surface area contributed by atoms with Crippen LogP contribution < -0.4 is 0 Å². The van der Waals surface area contributed by atoms with E-state index in [9.17, 15) is 0 Å². The van der Waals surface area contributed by atoms with Crippen LogP contribution in [0.15, 0.2) is 84.1 Å². The minimum atomic E-state index is 0.518. The minimum Gasteiger partial charge on any atom is -0.453 e. The summed E-state index contributed by atoms with van der Waals surface area (Å²) in [4.78, 5) is 27.2. The fourth-order valence-electron chi connectivity index (χ4n) is 4.87. The second-order valence-electron chi connectivity index (χ2n) is 8.50. The van der Waals surface area contributed by atoms with Crippen molar-refractivity contribution < 1.29 is 22.1 Å². The number of nitrogens with zero attached hydrogens (tertiary/aromatic N) is 6. The lowest BCUT2D eigenvalue weighted by Gasteiger charge is -2.03. The smallest absolute Gasteiger partial charge is 0.200 e. The molecule has 37 heavy (non-hydrogen) atoms. The zero-order valence-electron chi connectivity index (χ0n) is 18.5. The van der Waals surface area contributed by atoms with E-state index < -0.39 is 0 Å². The summed E-state index contributed by atoms with van der Waals surface area (Å²) in [5.74, 6) is 0. The lowest BCUT2D eigenvalue weighted by Crippen LogP contribution is -1.89. The van der Waals surface area contributed by atoms with Gasteiger partial charge in [0.2, 0.25) is 0 Å². The summed E-state index contributed by atoms with van der Waals surface area (Å²) in [6.07, 6.45) is 5.52. The van der Waals surface area contributed by atoms with Crippen LogP contribution in [0, 0.1) is 0 Å². The summed E-state index contributed by atoms with van der Waals surface area (Å²) >= 11 is 0. The maximum absolute atomic E-state index is 6.05. The number of benzene rings is 2. The van der Waals surface area contributed by atoms with Crippen LogP contribution in [-0.2, 0) is 0 Å². The molecule has 0 unspecified atom stereocenters. The van der Waals surface area contributed by atoms with E-state index in [4.69, 9.17) is 32.1 Å². The Hall–Kier alpha value is -5.58. The van der Waals surface area contributed by atoms with Gasteiger partial charge in [-0.05, 0) is 36.4 Å². The monoisotopic (exact) mass is 486 g/mol. The van der Waals surface area contributed by atoms with Gasteiger partial charge in [0.25, 0.3) is 0 Å². The number of hydrogen-bond acceptors (Lipinski definition) is 11. The Morgan fingerprint density at radius 1 is 0.459 bits per heavy atom. The first-order valence-corrected chi connectivity index (χ1v) is 11.2. The molecule has 0 bridgehead atoms. The van der Waals surface area contributed by atoms with Crippen LogP contribution in [-0.4, -0.2) is 29.9 Å². The van der Waals surface area contributed by atoms with Gasteiger partial charge in [-0.2, -0.15) is 0 Å². The Kier molecular flexibility index (Phi) is 3.31. The van der Waals surface area contributed by atoms with E-state index in [1.54, 1.807) is 0 Å². The van der Waals surface area contributed by atoms with Crippen LogP contribution in [0.2, 0.25) is 0 Å². The zero-order valence-corrected chi connectivity index (χ0v) is 18.5. The summed E-state index contributed by atoms with van der Waals surface area (Å²) < 4.78 is 28.2. The minimum absolute atomic E-state index is 0.518. The molecule has 7 heterocycles. The molecule has 0 atom stereocenters. The molecule has 0 aliphatic carbocycles. The van der Waals surface area contributed by atoms with E-state index in [0.717, 1.165) is 11.1 Å². The van der Waals surface area contributed by atoms with Crippen molar-refractivity contribution >= 4 is 66.6 Å². The van der Waals surface area contributed by atoms with E-state index in [1.807, 2.05) is 36.4 Å². The number of aromatic nitrogens is 6. The van der Waals surface area contributed by atoms with Crippen molar-refractivity contribution in [3.05, 3.63) is 62.0 Å². The lowest BCUT2D eigenvalue weighted by molar-refractivity contribution is 0.571. The molecule has 2 aromatic carbocycles. The van der Waals surface area contributed by atoms with Crippen molar-refractivity contribution in [1.82, 2.24) is 29.9 Å². The molecule has 174 valence electrons. The molecule has 9 rings (SSSR count). The highest BCUT2D eigenvalue weighted by atomic mass is 16.4. The molecule has 0 N–H and O–H groups in total. The van der Waals surface area contributed by atoms with Crippen molar-refractivity contribution in [1.29, 1.82) is 0 Å². The Morgan fingerprint density at radius 3 is 1.43 bits per heavy atom. The van der Waals surface area contributed by atoms with E-state index in [2.05, 4.69) is 19.9 Å². The third kappa shape index (κ3) is 2.44. The number of oxazole rings is 4. The van der Waals surface area contributed by atoms with Crippen LogP contribution in [0.3, 0.4) is 0 Å². The number of rotatable bonds is 2. The summed E-state index contributed by atoms with van der Waals surface area (Å²) in [5.41, 5.74) is 10.0. The van der Waals surface area contributed by atoms with Crippen LogP contribution in [0.25, 0.3) is 89.1 Å². The van der Waals surface area contributed by atoms with Crippen molar-refractivity contribution in [2.45, 2.75) is 0 Å². The quantitative estimate of drug-likeness (QED) is 0.272. The summed E-state index contributed by atoms with van der Waals surface area (Å²) in [6, 6.07) is 11.3. The van der Waals surface area contributed by atoms with E-state index in [0.29, 0.717) is 78.0 Å². The zero-order chi connectivity index (χ0) is 24.1. The molecule has 0 saturated carbocycles. The largest absolute Gasteiger partial charge is 0.453 e. The Morgan fingerprint density at radius 2 is 0.919 bits per heavy atom. The van der Waals surface area contributed by atoms with Gasteiger partial charge in [0, 0.05) is 11.1 Å². The molecule has 0 spiro atoms. The molecule has 0 aliphatic heterocycles. The first-order chi connectivity index (χ1) is 18.3. The van der Waals surface area contributed by atoms with Crippen LogP contribution in [0.5, 0.6) is 0 Å². The molecule has 11 heteroatoms. The number of hydrogen-bond donors (Lipinski definition) is 0. The van der Waals surface area contributed by atoms with E-state index in [-0.39, 0.29) is 0 Å². The molecule has 0 radical (unpaired) electrons. The molecule has 0 fully saturated rings. The number of fused-ring (bicyclic) bond motifs is 9. The van der Waals surface area contributed by atoms with Gasteiger partial charge in [0.05, 0.1) is 11.4 Å². The van der Waals surface area contributed by atoms with Crippen LogP contribution in [0.4, 0.5) is 0 Å². The average Bonchev–Trinajstić information content (AvgIpc) is 3.75. The van der Waals surface area contributed by atoms with Gasteiger partial charge in [0.15, 0.2) is 59.1 Å². The van der Waals surface area contributed by atoms with Crippen LogP contribution in [0.1, 0.15) is 0 Å². The van der Waals surface area contributed by atoms with E-state index in [1.165, 1.54) is 25.6 Å². The highest BCUT2D eigenvalue weighted by Crippen LogP contribution is 2.37. The predicted molar refractivity (Wildman–Crippen MR) is 130 cm³/mol. The number of pyridine rings is 2. The van der Waals surface area contributed by atoms with Gasteiger partial charge in [-0.3, -0.25) is 0 Å². The fraction of sp³-hybridized carbons (Fsp3) is 0. The highest BCUT2D eigenvalue weighted by Gasteiger charge is 2.20. The number of furan rings is 1. The van der Waals surface area contributed by atoms with Crippen molar-refractivity contribution in [2.24, 2.45) is 0 Å². The van der Waals surface area contributed by atoms with Gasteiger partial charge in [-0.1, -0.05) is 0 Å². The highest BCUT2D eigenvalue weighted by molar-refractivity contribution is 6.08. The standard InChI is InChI=1S/C26H10N6O5/c1-3-17-21(31-13(1)11-5-15-23(33-7-27-15)25-19(11)29-9-35-25)22-18(37-17)4-2-14(32-22)12-6-16-24(34-8-28-16)26-20(12)30-10-36-26/h1-10H. The molecular weight excluding hydrogens is 476 g/mol. The third-order valence-corrected chi connectivity index (χ3v) is 6.52. The molecule has 7 aromatic heterocycles. The predicted octanol–water partition coefficient (Wildman–Crippen LogP) is 6.27. The van der Waals surface area contributed by atoms with Crippen molar-refractivity contribution in [3.8, 4) is 22.5 Å². The average molecular weight is 486 g/mol. The maximum Gasteiger partial charge on any atom is 0.200 e. The summed E-state index contributed by atoms with van der Waals surface area (Å²) in [7, 11) is 0. The summed E-state index contributed by atoms with van der Waals surface area (Å²) in [5, 5.41) is 0. The Bertz CT molecular complexity index is 2170. The normalized spacial score (nSPS) is 12.3. The fourth-order valence-corrected chi connectivity index (χ4v) is 4.87. The second kappa shape index (κ2) is 6.55. The van der Waals surface area contributed by atoms with Gasteiger partial charge in [0.1, 0.15) is 33.1 Å². The molecule has 0 amide bonds. The third-order valence-electron chi connectivity index (χ3n) is 6.52. The van der Waals surface area contributed by atoms with Gasteiger partial charge in [-0.25, -0.2) is 29.9 Å². The first-order valence-electron chi connectivity index (χ1n) is 11.2. The summed E-state index contributed by atoms with van der Waals surface area (Å²) in [6.45, 7) is 0. The topological polar surface area (TPSA) is 143 Å². The van der Waals surface area contributed by atoms with Gasteiger partial charge >= 0.3 is 0 Å². The SMILES string of the molecule is c1nc2cc(-c3ccc4oc5ccc(-c6cc7ncoc7c7ocnc67)nc5c4n3)c3ncoc3c2o1. The molecule has 9 aromatic rings. The maximum atomic E-state index is 6.05. The molecular formula is C26H10N6O5. The van der Waals surface area contributed by atoms with Gasteiger partial charge in [-0.15, -0.1) is 0 Å².